The topological polar surface area (TPSA) is 0 Å². The van der Waals surface area contributed by atoms with Gasteiger partial charge in [-0.25, -0.2) is 0 Å². The van der Waals surface area contributed by atoms with E-state index in [0.29, 0.717) is 17.8 Å². The third-order valence-corrected chi connectivity index (χ3v) is 4.33. The molecule has 0 spiro atoms. The van der Waals surface area contributed by atoms with Crippen LogP contribution in [0.2, 0.25) is 0 Å². The van der Waals surface area contributed by atoms with Crippen molar-refractivity contribution in [2.45, 2.75) is 39.5 Å². The molecular weight excluding hydrogens is 228 g/mol. The maximum Gasteiger partial charge on any atom is 0.0127 e. The van der Waals surface area contributed by atoms with Gasteiger partial charge in [0.15, 0.2) is 0 Å². The first kappa shape index (κ1) is 12.5. The molecule has 0 radical (unpaired) electrons. The quantitative estimate of drug-likeness (QED) is 0.653. The largest absolute Gasteiger partial charge is 0.0619 e. The van der Waals surface area contributed by atoms with Gasteiger partial charge in [0.2, 0.25) is 0 Å². The van der Waals surface area contributed by atoms with E-state index in [1.54, 1.807) is 5.56 Å². The highest BCUT2D eigenvalue weighted by molar-refractivity contribution is 5.80. The smallest absolute Gasteiger partial charge is 0.0127 e. The first-order valence-corrected chi connectivity index (χ1v) is 7.33. The van der Waals surface area contributed by atoms with Gasteiger partial charge < -0.3 is 0 Å². The zero-order chi connectivity index (χ0) is 13.6. The Morgan fingerprint density at radius 1 is 0.789 bits per heavy atom. The van der Waals surface area contributed by atoms with E-state index in [4.69, 9.17) is 0 Å². The second kappa shape index (κ2) is 4.52. The molecule has 0 N–H and O–H groups in total. The fourth-order valence-corrected chi connectivity index (χ4v) is 3.53. The van der Waals surface area contributed by atoms with Gasteiger partial charge >= 0.3 is 0 Å². The molecule has 0 saturated carbocycles. The fourth-order valence-electron chi connectivity index (χ4n) is 3.53. The van der Waals surface area contributed by atoms with Gasteiger partial charge in [-0.05, 0) is 39.7 Å². The Hall–Kier alpha value is -1.56. The minimum Gasteiger partial charge on any atom is -0.0619 e. The number of fused-ring (bicyclic) bond motifs is 3. The Labute approximate surface area is 116 Å². The molecular formula is C19H22. The van der Waals surface area contributed by atoms with E-state index in [-0.39, 0.29) is 0 Å². The lowest BCUT2D eigenvalue weighted by Crippen LogP contribution is -2.08. The highest BCUT2D eigenvalue weighted by atomic mass is 14.4. The minimum atomic E-state index is 0.560. The van der Waals surface area contributed by atoms with E-state index in [9.17, 15) is 0 Å². The van der Waals surface area contributed by atoms with Crippen molar-refractivity contribution in [2.24, 2.45) is 5.92 Å². The molecule has 1 aliphatic rings. The molecule has 0 fully saturated rings. The van der Waals surface area contributed by atoms with Crippen molar-refractivity contribution in [3.63, 3.8) is 0 Å². The van der Waals surface area contributed by atoms with E-state index in [2.05, 4.69) is 70.2 Å². The van der Waals surface area contributed by atoms with E-state index in [1.807, 2.05) is 0 Å². The van der Waals surface area contributed by atoms with Crippen LogP contribution in [0.3, 0.4) is 0 Å². The molecule has 3 rings (SSSR count). The van der Waals surface area contributed by atoms with Crippen molar-refractivity contribution < 1.29 is 0 Å². The summed E-state index contributed by atoms with van der Waals surface area (Å²) in [6.45, 7) is 9.28. The van der Waals surface area contributed by atoms with Gasteiger partial charge in [0, 0.05) is 5.92 Å². The molecule has 0 aliphatic heterocycles. The normalized spacial score (nSPS) is 16.8. The lowest BCUT2D eigenvalue weighted by Gasteiger charge is -2.22. The molecule has 0 aromatic heterocycles. The third-order valence-electron chi connectivity index (χ3n) is 4.33. The number of benzene rings is 2. The molecule has 0 saturated heterocycles. The van der Waals surface area contributed by atoms with Crippen molar-refractivity contribution in [3.05, 3.63) is 59.2 Å². The second-order valence-electron chi connectivity index (χ2n) is 6.27. The Morgan fingerprint density at radius 2 is 1.47 bits per heavy atom. The van der Waals surface area contributed by atoms with Crippen LogP contribution in [0, 0.1) is 5.92 Å². The number of hydrogen-bond donors (Lipinski definition) is 0. The predicted molar refractivity (Wildman–Crippen MR) is 82.6 cm³/mol. The van der Waals surface area contributed by atoms with Gasteiger partial charge in [0.05, 0.1) is 0 Å². The summed E-state index contributed by atoms with van der Waals surface area (Å²) in [6, 6.07) is 15.7. The average Bonchev–Trinajstić information content (AvgIpc) is 2.72. The maximum atomic E-state index is 2.34. The monoisotopic (exact) mass is 250 g/mol. The summed E-state index contributed by atoms with van der Waals surface area (Å²) in [7, 11) is 0. The van der Waals surface area contributed by atoms with Crippen LogP contribution in [-0.4, -0.2) is 0 Å². The van der Waals surface area contributed by atoms with Crippen LogP contribution in [0.5, 0.6) is 0 Å². The summed E-state index contributed by atoms with van der Waals surface area (Å²) < 4.78 is 0. The molecule has 19 heavy (non-hydrogen) atoms. The Bertz CT molecular complexity index is 605. The summed E-state index contributed by atoms with van der Waals surface area (Å²) >= 11 is 0. The molecule has 0 heterocycles. The van der Waals surface area contributed by atoms with Crippen LogP contribution in [0.25, 0.3) is 11.1 Å². The Morgan fingerprint density at radius 3 is 2.16 bits per heavy atom. The summed E-state index contributed by atoms with van der Waals surface area (Å²) in [5.74, 6) is 1.79. The molecule has 1 unspecified atom stereocenters. The lowest BCUT2D eigenvalue weighted by atomic mass is 9.82. The summed E-state index contributed by atoms with van der Waals surface area (Å²) in [5, 5.41) is 0. The highest BCUT2D eigenvalue weighted by Gasteiger charge is 2.32. The van der Waals surface area contributed by atoms with Crippen molar-refractivity contribution >= 4 is 0 Å². The van der Waals surface area contributed by atoms with Gasteiger partial charge in [-0.15, -0.1) is 0 Å². The van der Waals surface area contributed by atoms with Crippen LogP contribution in [0.4, 0.5) is 0 Å². The molecule has 0 bridgehead atoms. The van der Waals surface area contributed by atoms with Crippen LogP contribution < -0.4 is 0 Å². The predicted octanol–water partition coefficient (Wildman–Crippen LogP) is 5.58. The lowest BCUT2D eigenvalue weighted by molar-refractivity contribution is 0.567. The van der Waals surface area contributed by atoms with E-state index in [1.165, 1.54) is 22.3 Å². The van der Waals surface area contributed by atoms with Crippen LogP contribution in [-0.2, 0) is 0 Å². The Balaban J connectivity index is 2.31. The van der Waals surface area contributed by atoms with Gasteiger partial charge in [-0.1, -0.05) is 70.2 Å². The van der Waals surface area contributed by atoms with Crippen LogP contribution in [0.1, 0.15) is 56.2 Å². The Kier molecular flexibility index (Phi) is 2.97. The van der Waals surface area contributed by atoms with Crippen molar-refractivity contribution in [1.82, 2.24) is 0 Å². The molecule has 2 aromatic rings. The highest BCUT2D eigenvalue weighted by Crippen LogP contribution is 2.50. The molecule has 1 atom stereocenters. The van der Waals surface area contributed by atoms with Gasteiger partial charge in [-0.2, -0.15) is 0 Å². The molecule has 0 nitrogen and oxygen atoms in total. The zero-order valence-electron chi connectivity index (χ0n) is 12.3. The van der Waals surface area contributed by atoms with Gasteiger partial charge in [-0.3, -0.25) is 0 Å². The fraction of sp³-hybridized carbons (Fsp3) is 0.368. The van der Waals surface area contributed by atoms with Crippen LogP contribution in [0.15, 0.2) is 42.5 Å². The second-order valence-corrected chi connectivity index (χ2v) is 6.27. The molecule has 2 aromatic carbocycles. The number of hydrogen-bond acceptors (Lipinski definition) is 0. The molecule has 0 heteroatoms. The summed E-state index contributed by atoms with van der Waals surface area (Å²) in [5.41, 5.74) is 7.51. The standard InChI is InChI=1S/C19H22/c1-12(2)14-10-7-11-17-15-8-5-6-9-16(15)18(13(3)4)19(14)17/h5-13,18H,1-4H3. The molecule has 98 valence electrons. The van der Waals surface area contributed by atoms with E-state index < -0.39 is 0 Å². The SMILES string of the molecule is CC(C)c1cccc2c1C(C(C)C)c1ccccc1-2. The zero-order valence-corrected chi connectivity index (χ0v) is 12.3. The van der Waals surface area contributed by atoms with Crippen molar-refractivity contribution in [3.8, 4) is 11.1 Å². The van der Waals surface area contributed by atoms with E-state index >= 15 is 0 Å². The van der Waals surface area contributed by atoms with Crippen molar-refractivity contribution in [2.75, 3.05) is 0 Å². The third kappa shape index (κ3) is 1.82. The van der Waals surface area contributed by atoms with Gasteiger partial charge in [0.1, 0.15) is 0 Å². The first-order valence-electron chi connectivity index (χ1n) is 7.33. The van der Waals surface area contributed by atoms with Crippen molar-refractivity contribution in [1.29, 1.82) is 0 Å². The molecule has 0 amide bonds. The molecule has 1 aliphatic carbocycles. The minimum absolute atomic E-state index is 0.560. The van der Waals surface area contributed by atoms with Crippen LogP contribution >= 0.6 is 0 Å². The van der Waals surface area contributed by atoms with E-state index in [0.717, 1.165) is 0 Å². The maximum absolute atomic E-state index is 2.34. The number of rotatable bonds is 2. The summed E-state index contributed by atoms with van der Waals surface area (Å²) in [6.07, 6.45) is 0. The summed E-state index contributed by atoms with van der Waals surface area (Å²) in [4.78, 5) is 0. The van der Waals surface area contributed by atoms with Gasteiger partial charge in [0.25, 0.3) is 0 Å². The first-order chi connectivity index (χ1) is 9.11. The average molecular weight is 250 g/mol.